The zero-order valence-electron chi connectivity index (χ0n) is 13.3. The second-order valence-corrected chi connectivity index (χ2v) is 6.60. The van der Waals surface area contributed by atoms with E-state index in [1.165, 1.54) is 12.1 Å². The number of nitrogen functional groups attached to an aromatic ring is 1. The van der Waals surface area contributed by atoms with E-state index >= 15 is 0 Å². The summed E-state index contributed by atoms with van der Waals surface area (Å²) < 4.78 is 12.9. The molecule has 0 radical (unpaired) electrons. The lowest BCUT2D eigenvalue weighted by molar-refractivity contribution is 0.0952. The summed E-state index contributed by atoms with van der Waals surface area (Å²) in [5.74, 6) is -0.283. The van der Waals surface area contributed by atoms with Gasteiger partial charge in [-0.25, -0.2) is 9.37 Å². The third-order valence-corrected chi connectivity index (χ3v) is 4.62. The monoisotopic (exact) mass is 356 g/mol. The van der Waals surface area contributed by atoms with Crippen molar-refractivity contribution in [3.8, 4) is 0 Å². The maximum Gasteiger partial charge on any atom is 0.255 e. The number of carbonyl (C=O) groups excluding carboxylic acids is 1. The van der Waals surface area contributed by atoms with E-state index in [0.29, 0.717) is 18.7 Å². The van der Waals surface area contributed by atoms with Gasteiger partial charge in [-0.1, -0.05) is 0 Å². The van der Waals surface area contributed by atoms with Gasteiger partial charge in [0.25, 0.3) is 5.91 Å². The highest BCUT2D eigenvalue weighted by molar-refractivity contribution is 7.12. The minimum absolute atomic E-state index is 0.218. The average molecular weight is 356 g/mol. The number of aromatic nitrogens is 1. The number of carbonyl (C=O) groups is 1. The van der Waals surface area contributed by atoms with E-state index in [9.17, 15) is 9.18 Å². The third-order valence-electron chi connectivity index (χ3n) is 3.53. The van der Waals surface area contributed by atoms with Gasteiger partial charge >= 0.3 is 0 Å². The van der Waals surface area contributed by atoms with Crippen molar-refractivity contribution in [3.63, 3.8) is 0 Å². The number of rotatable bonds is 6. The minimum Gasteiger partial charge on any atom is -0.383 e. The molecule has 128 valence electrons. The van der Waals surface area contributed by atoms with Crippen molar-refractivity contribution >= 4 is 28.7 Å². The van der Waals surface area contributed by atoms with Gasteiger partial charge in [-0.15, -0.1) is 11.3 Å². The standard InChI is InChI=1S/C18H17FN4OS/c19-12-3-5-13(6-4-12)22-10-14-7-8-15(25-14)11-23-18(24)16-2-1-9-21-17(16)20/h1-9,22H,10-11H2,(H2,20,21)(H,23,24). The second-order valence-electron chi connectivity index (χ2n) is 5.35. The molecule has 0 spiro atoms. The molecule has 3 rings (SSSR count). The molecule has 2 heterocycles. The Morgan fingerprint density at radius 1 is 1.08 bits per heavy atom. The number of benzene rings is 1. The molecule has 0 aliphatic carbocycles. The highest BCUT2D eigenvalue weighted by atomic mass is 32.1. The third kappa shape index (κ3) is 4.54. The Morgan fingerprint density at radius 3 is 2.52 bits per heavy atom. The number of pyridine rings is 1. The lowest BCUT2D eigenvalue weighted by atomic mass is 10.2. The van der Waals surface area contributed by atoms with E-state index < -0.39 is 0 Å². The number of nitrogens with two attached hydrogens (primary N) is 1. The van der Waals surface area contributed by atoms with Crippen LogP contribution in [0.5, 0.6) is 0 Å². The predicted molar refractivity (Wildman–Crippen MR) is 97.9 cm³/mol. The quantitative estimate of drug-likeness (QED) is 0.632. The van der Waals surface area contributed by atoms with Gasteiger partial charge in [0.2, 0.25) is 0 Å². The summed E-state index contributed by atoms with van der Waals surface area (Å²) in [6.45, 7) is 1.06. The summed E-state index contributed by atoms with van der Waals surface area (Å²) >= 11 is 1.60. The Bertz CT molecular complexity index is 864. The van der Waals surface area contributed by atoms with Crippen LogP contribution in [0, 0.1) is 5.82 Å². The van der Waals surface area contributed by atoms with Gasteiger partial charge in [-0.2, -0.15) is 0 Å². The fraction of sp³-hybridized carbons (Fsp3) is 0.111. The molecule has 5 nitrogen and oxygen atoms in total. The molecule has 0 bridgehead atoms. The van der Waals surface area contributed by atoms with Crippen LogP contribution in [0.25, 0.3) is 0 Å². The van der Waals surface area contributed by atoms with Gasteiger partial charge in [0.1, 0.15) is 11.6 Å². The highest BCUT2D eigenvalue weighted by Crippen LogP contribution is 2.19. The topological polar surface area (TPSA) is 80.0 Å². The fourth-order valence-corrected chi connectivity index (χ4v) is 3.14. The van der Waals surface area contributed by atoms with Crippen molar-refractivity contribution in [1.82, 2.24) is 10.3 Å². The number of nitrogens with one attached hydrogen (secondary N) is 2. The smallest absolute Gasteiger partial charge is 0.255 e. The van der Waals surface area contributed by atoms with Crippen LogP contribution < -0.4 is 16.4 Å². The number of halogens is 1. The summed E-state index contributed by atoms with van der Waals surface area (Å²) in [6, 6.07) is 13.5. The van der Waals surface area contributed by atoms with E-state index in [-0.39, 0.29) is 17.5 Å². The van der Waals surface area contributed by atoms with Crippen LogP contribution in [-0.2, 0) is 13.1 Å². The van der Waals surface area contributed by atoms with Crippen LogP contribution in [0.3, 0.4) is 0 Å². The Labute approximate surface area is 148 Å². The predicted octanol–water partition coefficient (Wildman–Crippen LogP) is 3.41. The van der Waals surface area contributed by atoms with Crippen LogP contribution in [-0.4, -0.2) is 10.9 Å². The number of anilines is 2. The van der Waals surface area contributed by atoms with E-state index in [4.69, 9.17) is 5.73 Å². The van der Waals surface area contributed by atoms with Crippen LogP contribution in [0.1, 0.15) is 20.1 Å². The molecular formula is C18H17FN4OS. The zero-order chi connectivity index (χ0) is 17.6. The molecule has 0 saturated carbocycles. The first kappa shape index (κ1) is 16.9. The molecule has 4 N–H and O–H groups in total. The molecule has 0 fully saturated rings. The molecule has 1 aromatic carbocycles. The number of hydrogen-bond acceptors (Lipinski definition) is 5. The molecule has 0 aliphatic rings. The maximum absolute atomic E-state index is 12.9. The van der Waals surface area contributed by atoms with E-state index in [1.807, 2.05) is 12.1 Å². The van der Waals surface area contributed by atoms with Crippen molar-refractivity contribution in [2.75, 3.05) is 11.1 Å². The summed E-state index contributed by atoms with van der Waals surface area (Å²) in [7, 11) is 0. The van der Waals surface area contributed by atoms with Crippen LogP contribution in [0.15, 0.2) is 54.7 Å². The fourth-order valence-electron chi connectivity index (χ4n) is 2.24. The Kier molecular flexibility index (Phi) is 5.25. The van der Waals surface area contributed by atoms with Gasteiger partial charge in [-0.05, 0) is 48.5 Å². The van der Waals surface area contributed by atoms with E-state index in [1.54, 1.807) is 41.8 Å². The maximum atomic E-state index is 12.9. The molecule has 3 aromatic rings. The zero-order valence-corrected chi connectivity index (χ0v) is 14.1. The van der Waals surface area contributed by atoms with E-state index in [0.717, 1.165) is 15.4 Å². The normalized spacial score (nSPS) is 10.4. The first-order valence-corrected chi connectivity index (χ1v) is 8.49. The second kappa shape index (κ2) is 7.76. The average Bonchev–Trinajstić information content (AvgIpc) is 3.07. The van der Waals surface area contributed by atoms with Gasteiger partial charge < -0.3 is 16.4 Å². The van der Waals surface area contributed by atoms with Gasteiger partial charge in [-0.3, -0.25) is 4.79 Å². The molecule has 25 heavy (non-hydrogen) atoms. The lowest BCUT2D eigenvalue weighted by Crippen LogP contribution is -2.23. The minimum atomic E-state index is -0.256. The first-order chi connectivity index (χ1) is 12.1. The van der Waals surface area contributed by atoms with Crippen molar-refractivity contribution in [2.45, 2.75) is 13.1 Å². The summed E-state index contributed by atoms with van der Waals surface area (Å²) in [6.07, 6.45) is 1.55. The van der Waals surface area contributed by atoms with Crippen LogP contribution in [0.4, 0.5) is 15.9 Å². The van der Waals surface area contributed by atoms with E-state index in [2.05, 4.69) is 15.6 Å². The molecule has 0 atom stereocenters. The molecule has 2 aromatic heterocycles. The lowest BCUT2D eigenvalue weighted by Gasteiger charge is -2.05. The van der Waals surface area contributed by atoms with Crippen molar-refractivity contribution in [2.24, 2.45) is 0 Å². The number of thiophene rings is 1. The number of hydrogen-bond donors (Lipinski definition) is 3. The highest BCUT2D eigenvalue weighted by Gasteiger charge is 2.10. The first-order valence-electron chi connectivity index (χ1n) is 7.67. The molecule has 1 amide bonds. The van der Waals surface area contributed by atoms with Crippen LogP contribution in [0.2, 0.25) is 0 Å². The molecule has 7 heteroatoms. The Hall–Kier alpha value is -2.93. The van der Waals surface area contributed by atoms with Crippen LogP contribution >= 0.6 is 11.3 Å². The Morgan fingerprint density at radius 2 is 1.80 bits per heavy atom. The molecular weight excluding hydrogens is 339 g/mol. The number of nitrogens with zero attached hydrogens (tertiary/aromatic N) is 1. The van der Waals surface area contributed by atoms with Gasteiger partial charge in [0.15, 0.2) is 0 Å². The number of amides is 1. The summed E-state index contributed by atoms with van der Waals surface area (Å²) in [5.41, 5.74) is 6.93. The SMILES string of the molecule is Nc1ncccc1C(=O)NCc1ccc(CNc2ccc(F)cc2)s1. The van der Waals surface area contributed by atoms with Gasteiger partial charge in [0, 0.05) is 28.2 Å². The largest absolute Gasteiger partial charge is 0.383 e. The van der Waals surface area contributed by atoms with Crippen molar-refractivity contribution in [3.05, 3.63) is 75.9 Å². The molecule has 0 unspecified atom stereocenters. The molecule has 0 saturated heterocycles. The molecule has 0 aliphatic heterocycles. The summed E-state index contributed by atoms with van der Waals surface area (Å²) in [5, 5.41) is 6.07. The van der Waals surface area contributed by atoms with Crippen molar-refractivity contribution < 1.29 is 9.18 Å². The van der Waals surface area contributed by atoms with Crippen molar-refractivity contribution in [1.29, 1.82) is 0 Å². The summed E-state index contributed by atoms with van der Waals surface area (Å²) in [4.78, 5) is 18.2. The Balaban J connectivity index is 1.52. The van der Waals surface area contributed by atoms with Gasteiger partial charge in [0.05, 0.1) is 12.1 Å².